The number of carboxylic acid groups (broad SMARTS) is 1. The lowest BCUT2D eigenvalue weighted by molar-refractivity contribution is 0.0692. The Kier molecular flexibility index (Phi) is 3.73. The number of carbonyl (C=O) groups is 1. The zero-order chi connectivity index (χ0) is 14.2. The monoisotopic (exact) mass is 302 g/mol. The number of hydrogen-bond donors (Lipinski definition) is 1. The van der Waals surface area contributed by atoms with Gasteiger partial charge in [0, 0.05) is 16.1 Å². The maximum atomic E-state index is 13.8. The molecule has 0 aliphatic rings. The van der Waals surface area contributed by atoms with Gasteiger partial charge in [0.1, 0.15) is 11.6 Å². The lowest BCUT2D eigenvalue weighted by atomic mass is 10.0. The molecule has 98 valence electrons. The van der Waals surface area contributed by atoms with E-state index in [1.54, 1.807) is 0 Å². The molecule has 0 atom stereocenters. The van der Waals surface area contributed by atoms with Crippen molar-refractivity contribution in [3.63, 3.8) is 0 Å². The van der Waals surface area contributed by atoms with Gasteiger partial charge in [-0.15, -0.1) is 0 Å². The third-order valence-electron chi connectivity index (χ3n) is 2.53. The average Bonchev–Trinajstić information content (AvgIpc) is 2.35. The van der Waals surface area contributed by atoms with Gasteiger partial charge in [0.05, 0.1) is 10.6 Å². The van der Waals surface area contributed by atoms with Gasteiger partial charge in [0.25, 0.3) is 0 Å². The van der Waals surface area contributed by atoms with Gasteiger partial charge in [-0.2, -0.15) is 0 Å². The van der Waals surface area contributed by atoms with E-state index in [2.05, 4.69) is 0 Å². The van der Waals surface area contributed by atoms with Gasteiger partial charge < -0.3 is 5.11 Å². The smallest absolute Gasteiger partial charge is 0.338 e. The van der Waals surface area contributed by atoms with Crippen molar-refractivity contribution in [2.75, 3.05) is 0 Å². The van der Waals surface area contributed by atoms with E-state index in [9.17, 15) is 13.6 Å². The molecule has 1 N–H and O–H groups in total. The summed E-state index contributed by atoms with van der Waals surface area (Å²) in [6.45, 7) is 0. The van der Waals surface area contributed by atoms with Crippen molar-refractivity contribution in [1.82, 2.24) is 0 Å². The zero-order valence-electron chi connectivity index (χ0n) is 9.25. The molecule has 0 heterocycles. The van der Waals surface area contributed by atoms with Gasteiger partial charge in [-0.1, -0.05) is 35.3 Å². The van der Waals surface area contributed by atoms with E-state index in [1.807, 2.05) is 0 Å². The van der Waals surface area contributed by atoms with Crippen molar-refractivity contribution < 1.29 is 18.7 Å². The highest BCUT2D eigenvalue weighted by Gasteiger charge is 2.17. The molecule has 2 aromatic rings. The molecule has 2 aromatic carbocycles. The summed E-state index contributed by atoms with van der Waals surface area (Å²) in [6.07, 6.45) is 0. The van der Waals surface area contributed by atoms with E-state index < -0.39 is 23.2 Å². The van der Waals surface area contributed by atoms with E-state index >= 15 is 0 Å². The van der Waals surface area contributed by atoms with Crippen molar-refractivity contribution in [3.05, 3.63) is 57.6 Å². The van der Waals surface area contributed by atoms with Crippen LogP contribution < -0.4 is 0 Å². The normalized spacial score (nSPS) is 10.5. The standard InChI is InChI=1S/C13H6Cl2F2O2/c14-9-3-1-2-6(12(9)17)7-5-11(16)8(13(18)19)4-10(7)15/h1-5H,(H,18,19). The molecule has 0 aromatic heterocycles. The number of hydrogen-bond acceptors (Lipinski definition) is 1. The Morgan fingerprint density at radius 3 is 2.37 bits per heavy atom. The number of rotatable bonds is 2. The average molecular weight is 303 g/mol. The molecule has 0 unspecified atom stereocenters. The number of halogens is 4. The number of carboxylic acids is 1. The summed E-state index contributed by atoms with van der Waals surface area (Å²) >= 11 is 11.5. The fourth-order valence-electron chi connectivity index (χ4n) is 1.63. The van der Waals surface area contributed by atoms with Crippen LogP contribution in [0.5, 0.6) is 0 Å². The van der Waals surface area contributed by atoms with Crippen LogP contribution in [0.15, 0.2) is 30.3 Å². The Hall–Kier alpha value is -1.65. The molecule has 0 amide bonds. The van der Waals surface area contributed by atoms with Crippen molar-refractivity contribution >= 4 is 29.2 Å². The van der Waals surface area contributed by atoms with E-state index in [1.165, 1.54) is 18.2 Å². The SMILES string of the molecule is O=C(O)c1cc(Cl)c(-c2cccc(Cl)c2F)cc1F. The van der Waals surface area contributed by atoms with Crippen LogP contribution >= 0.6 is 23.2 Å². The van der Waals surface area contributed by atoms with E-state index in [0.717, 1.165) is 12.1 Å². The van der Waals surface area contributed by atoms with Crippen LogP contribution in [0.1, 0.15) is 10.4 Å². The topological polar surface area (TPSA) is 37.3 Å². The van der Waals surface area contributed by atoms with Gasteiger partial charge in [-0.05, 0) is 18.2 Å². The maximum absolute atomic E-state index is 13.8. The summed E-state index contributed by atoms with van der Waals surface area (Å²) in [6, 6.07) is 6.02. The fraction of sp³-hybridized carbons (Fsp3) is 0. The van der Waals surface area contributed by atoms with Crippen molar-refractivity contribution in [2.24, 2.45) is 0 Å². The van der Waals surface area contributed by atoms with Crippen molar-refractivity contribution in [2.45, 2.75) is 0 Å². The summed E-state index contributed by atoms with van der Waals surface area (Å²) in [7, 11) is 0. The Bertz CT molecular complexity index is 672. The highest BCUT2D eigenvalue weighted by atomic mass is 35.5. The van der Waals surface area contributed by atoms with E-state index in [4.69, 9.17) is 28.3 Å². The summed E-state index contributed by atoms with van der Waals surface area (Å²) < 4.78 is 27.4. The lowest BCUT2D eigenvalue weighted by Crippen LogP contribution is -2.01. The molecule has 0 saturated heterocycles. The minimum atomic E-state index is -1.45. The molecular formula is C13H6Cl2F2O2. The fourth-order valence-corrected chi connectivity index (χ4v) is 2.07. The summed E-state index contributed by atoms with van der Waals surface area (Å²) in [5.74, 6) is -3.18. The molecule has 0 spiro atoms. The molecule has 2 rings (SSSR count). The Balaban J connectivity index is 2.67. The Labute approximate surface area is 117 Å². The van der Waals surface area contributed by atoms with Crippen LogP contribution in [-0.4, -0.2) is 11.1 Å². The molecule has 2 nitrogen and oxygen atoms in total. The van der Waals surface area contributed by atoms with E-state index in [-0.39, 0.29) is 21.2 Å². The zero-order valence-corrected chi connectivity index (χ0v) is 10.8. The van der Waals surface area contributed by atoms with Crippen LogP contribution in [0.4, 0.5) is 8.78 Å². The third-order valence-corrected chi connectivity index (χ3v) is 3.13. The number of benzene rings is 2. The van der Waals surface area contributed by atoms with Crippen LogP contribution in [0, 0.1) is 11.6 Å². The first kappa shape index (κ1) is 13.8. The van der Waals surface area contributed by atoms with Gasteiger partial charge in [0.15, 0.2) is 0 Å². The summed E-state index contributed by atoms with van der Waals surface area (Å²) in [5.41, 5.74) is -0.520. The van der Waals surface area contributed by atoms with Crippen molar-refractivity contribution in [1.29, 1.82) is 0 Å². The van der Waals surface area contributed by atoms with Gasteiger partial charge >= 0.3 is 5.97 Å². The predicted octanol–water partition coefficient (Wildman–Crippen LogP) is 4.64. The predicted molar refractivity (Wildman–Crippen MR) is 68.8 cm³/mol. The molecule has 0 fully saturated rings. The van der Waals surface area contributed by atoms with Crippen molar-refractivity contribution in [3.8, 4) is 11.1 Å². The van der Waals surface area contributed by atoms with Crippen LogP contribution in [0.3, 0.4) is 0 Å². The maximum Gasteiger partial charge on any atom is 0.338 e. The largest absolute Gasteiger partial charge is 0.478 e. The van der Waals surface area contributed by atoms with Crippen LogP contribution in [-0.2, 0) is 0 Å². The summed E-state index contributed by atoms with van der Waals surface area (Å²) in [4.78, 5) is 10.7. The minimum absolute atomic E-state index is 0.00772. The molecule has 0 bridgehead atoms. The Morgan fingerprint density at radius 2 is 1.74 bits per heavy atom. The molecule has 0 saturated carbocycles. The number of aromatic carboxylic acids is 1. The van der Waals surface area contributed by atoms with Gasteiger partial charge in [-0.25, -0.2) is 13.6 Å². The molecule has 0 aliphatic carbocycles. The molecule has 6 heteroatoms. The molecular weight excluding hydrogens is 297 g/mol. The van der Waals surface area contributed by atoms with Crippen LogP contribution in [0.2, 0.25) is 10.0 Å². The highest BCUT2D eigenvalue weighted by Crippen LogP contribution is 2.34. The summed E-state index contributed by atoms with van der Waals surface area (Å²) in [5, 5.41) is 8.56. The van der Waals surface area contributed by atoms with Gasteiger partial charge in [-0.3, -0.25) is 0 Å². The van der Waals surface area contributed by atoms with Gasteiger partial charge in [0.2, 0.25) is 0 Å². The highest BCUT2D eigenvalue weighted by molar-refractivity contribution is 6.34. The Morgan fingerprint density at radius 1 is 1.05 bits per heavy atom. The third kappa shape index (κ3) is 2.55. The quantitative estimate of drug-likeness (QED) is 0.877. The molecule has 0 radical (unpaired) electrons. The second-order valence-electron chi connectivity index (χ2n) is 3.72. The molecule has 0 aliphatic heterocycles. The first-order valence-electron chi connectivity index (χ1n) is 5.08. The van der Waals surface area contributed by atoms with E-state index in [0.29, 0.717) is 0 Å². The minimum Gasteiger partial charge on any atom is -0.478 e. The second kappa shape index (κ2) is 5.15. The first-order chi connectivity index (χ1) is 8.91. The second-order valence-corrected chi connectivity index (χ2v) is 4.53. The molecule has 19 heavy (non-hydrogen) atoms. The first-order valence-corrected chi connectivity index (χ1v) is 5.84. The van der Waals surface area contributed by atoms with Crippen LogP contribution in [0.25, 0.3) is 11.1 Å². The lowest BCUT2D eigenvalue weighted by Gasteiger charge is -2.08.